The third-order valence-electron chi connectivity index (χ3n) is 2.13. The van der Waals surface area contributed by atoms with Crippen LogP contribution in [0.5, 0.6) is 0 Å². The van der Waals surface area contributed by atoms with Crippen LogP contribution in [0.3, 0.4) is 0 Å². The van der Waals surface area contributed by atoms with Gasteiger partial charge in [-0.25, -0.2) is 9.59 Å². The first-order valence-electron chi connectivity index (χ1n) is 4.81. The Morgan fingerprint density at radius 2 is 2.19 bits per heavy atom. The zero-order valence-corrected chi connectivity index (χ0v) is 10.2. The van der Waals surface area contributed by atoms with Crippen LogP contribution in [0.4, 0.5) is 9.80 Å². The molecule has 1 aromatic heterocycles. The van der Waals surface area contributed by atoms with Crippen molar-refractivity contribution in [2.75, 3.05) is 18.9 Å². The van der Waals surface area contributed by atoms with Crippen molar-refractivity contribution in [3.05, 3.63) is 16.5 Å². The Labute approximate surface area is 97.7 Å². The van der Waals surface area contributed by atoms with Crippen LogP contribution in [0.1, 0.15) is 22.2 Å². The maximum atomic E-state index is 11.6. The van der Waals surface area contributed by atoms with Crippen LogP contribution in [0.25, 0.3) is 0 Å². The normalized spacial score (nSPS) is 9.94. The molecule has 0 spiro atoms. The first-order chi connectivity index (χ1) is 7.45. The van der Waals surface area contributed by atoms with Crippen LogP contribution in [0.15, 0.2) is 6.07 Å². The van der Waals surface area contributed by atoms with Gasteiger partial charge in [0.2, 0.25) is 0 Å². The zero-order chi connectivity index (χ0) is 12.3. The lowest BCUT2D eigenvalue weighted by Gasteiger charge is -2.14. The van der Waals surface area contributed by atoms with Gasteiger partial charge in [0.15, 0.2) is 0 Å². The van der Waals surface area contributed by atoms with Crippen LogP contribution < -0.4 is 5.32 Å². The second-order valence-electron chi connectivity index (χ2n) is 3.35. The Morgan fingerprint density at radius 3 is 2.69 bits per heavy atom. The number of carboxylic acid groups (broad SMARTS) is 1. The Hall–Kier alpha value is -1.56. The highest BCUT2D eigenvalue weighted by molar-refractivity contribution is 7.16. The van der Waals surface area contributed by atoms with Crippen LogP contribution in [0, 0.1) is 6.92 Å². The van der Waals surface area contributed by atoms with Gasteiger partial charge in [0.1, 0.15) is 5.00 Å². The van der Waals surface area contributed by atoms with Gasteiger partial charge in [0.05, 0.1) is 5.56 Å². The molecule has 2 N–H and O–H groups in total. The highest BCUT2D eigenvalue weighted by Gasteiger charge is 2.16. The Morgan fingerprint density at radius 1 is 1.56 bits per heavy atom. The van der Waals surface area contributed by atoms with Crippen molar-refractivity contribution >= 4 is 28.3 Å². The number of carbonyl (C=O) groups excluding carboxylic acids is 1. The van der Waals surface area contributed by atoms with Crippen LogP contribution in [-0.2, 0) is 0 Å². The lowest BCUT2D eigenvalue weighted by Crippen LogP contribution is -2.31. The standard InChI is InChI=1S/C10H14N2O3S/c1-4-12(3)10(15)11-8-7(9(13)14)5-6(2)16-8/h5H,4H2,1-3H3,(H,11,15)(H,13,14). The van der Waals surface area contributed by atoms with E-state index < -0.39 is 5.97 Å². The van der Waals surface area contributed by atoms with E-state index in [2.05, 4.69) is 5.32 Å². The van der Waals surface area contributed by atoms with E-state index in [1.165, 1.54) is 16.2 Å². The summed E-state index contributed by atoms with van der Waals surface area (Å²) in [5.74, 6) is -1.03. The predicted molar refractivity (Wildman–Crippen MR) is 63.3 cm³/mol. The van der Waals surface area contributed by atoms with E-state index in [1.54, 1.807) is 20.0 Å². The molecule has 88 valence electrons. The lowest BCUT2D eigenvalue weighted by molar-refractivity contribution is 0.0698. The molecule has 0 saturated carbocycles. The first kappa shape index (κ1) is 12.5. The van der Waals surface area contributed by atoms with Gasteiger partial charge in [0.25, 0.3) is 0 Å². The fourth-order valence-corrected chi connectivity index (χ4v) is 2.00. The smallest absolute Gasteiger partial charge is 0.338 e. The summed E-state index contributed by atoms with van der Waals surface area (Å²) in [6.45, 7) is 4.21. The molecular weight excluding hydrogens is 228 g/mol. The Kier molecular flexibility index (Phi) is 3.89. The van der Waals surface area contributed by atoms with Crippen molar-refractivity contribution in [2.45, 2.75) is 13.8 Å². The van der Waals surface area contributed by atoms with Crippen molar-refractivity contribution in [3.8, 4) is 0 Å². The van der Waals surface area contributed by atoms with E-state index >= 15 is 0 Å². The summed E-state index contributed by atoms with van der Waals surface area (Å²) in [7, 11) is 1.65. The van der Waals surface area contributed by atoms with Gasteiger partial charge in [-0.2, -0.15) is 0 Å². The molecule has 6 heteroatoms. The summed E-state index contributed by atoms with van der Waals surface area (Å²) in [4.78, 5) is 24.8. The third-order valence-corrected chi connectivity index (χ3v) is 3.09. The number of aromatic carboxylic acids is 1. The van der Waals surface area contributed by atoms with E-state index in [0.29, 0.717) is 11.5 Å². The summed E-state index contributed by atoms with van der Waals surface area (Å²) in [6, 6.07) is 1.25. The minimum Gasteiger partial charge on any atom is -0.478 e. The fraction of sp³-hybridized carbons (Fsp3) is 0.400. The summed E-state index contributed by atoms with van der Waals surface area (Å²) < 4.78 is 0. The van der Waals surface area contributed by atoms with Crippen LogP contribution in [0.2, 0.25) is 0 Å². The molecule has 0 aromatic carbocycles. The number of hydrogen-bond donors (Lipinski definition) is 2. The Balaban J connectivity index is 2.88. The minimum atomic E-state index is -1.03. The van der Waals surface area contributed by atoms with Crippen molar-refractivity contribution in [1.29, 1.82) is 0 Å². The average molecular weight is 242 g/mol. The number of nitrogens with one attached hydrogen (secondary N) is 1. The molecule has 0 atom stereocenters. The Bertz CT molecular complexity index is 414. The molecule has 0 saturated heterocycles. The predicted octanol–water partition coefficient (Wildman–Crippen LogP) is 2.24. The summed E-state index contributed by atoms with van der Waals surface area (Å²) in [6.07, 6.45) is 0. The van der Waals surface area contributed by atoms with Crippen LogP contribution >= 0.6 is 11.3 Å². The lowest BCUT2D eigenvalue weighted by atomic mass is 10.3. The monoisotopic (exact) mass is 242 g/mol. The molecular formula is C10H14N2O3S. The molecule has 1 aromatic rings. The topological polar surface area (TPSA) is 69.6 Å². The number of carbonyl (C=O) groups is 2. The molecule has 1 heterocycles. The molecule has 0 aliphatic heterocycles. The molecule has 2 amide bonds. The highest BCUT2D eigenvalue weighted by Crippen LogP contribution is 2.27. The van der Waals surface area contributed by atoms with Gasteiger partial charge in [-0.15, -0.1) is 11.3 Å². The molecule has 5 nitrogen and oxygen atoms in total. The number of thiophene rings is 1. The van der Waals surface area contributed by atoms with Gasteiger partial charge < -0.3 is 10.0 Å². The molecule has 0 aliphatic carbocycles. The number of anilines is 1. The molecule has 0 fully saturated rings. The van der Waals surface area contributed by atoms with Gasteiger partial charge in [-0.1, -0.05) is 0 Å². The number of nitrogens with zero attached hydrogens (tertiary/aromatic N) is 1. The van der Waals surface area contributed by atoms with E-state index in [0.717, 1.165) is 4.88 Å². The number of hydrogen-bond acceptors (Lipinski definition) is 3. The van der Waals surface area contributed by atoms with Crippen molar-refractivity contribution in [3.63, 3.8) is 0 Å². The summed E-state index contributed by atoms with van der Waals surface area (Å²) in [5, 5.41) is 11.9. The van der Waals surface area contributed by atoms with Crippen molar-refractivity contribution < 1.29 is 14.7 Å². The van der Waals surface area contributed by atoms with Gasteiger partial charge in [0, 0.05) is 18.5 Å². The number of amides is 2. The second-order valence-corrected chi connectivity index (χ2v) is 4.61. The van der Waals surface area contributed by atoms with E-state index in [9.17, 15) is 9.59 Å². The average Bonchev–Trinajstić information content (AvgIpc) is 2.58. The molecule has 0 radical (unpaired) electrons. The van der Waals surface area contributed by atoms with Crippen molar-refractivity contribution in [1.82, 2.24) is 4.90 Å². The summed E-state index contributed by atoms with van der Waals surface area (Å²) in [5.41, 5.74) is 0.139. The maximum Gasteiger partial charge on any atom is 0.338 e. The van der Waals surface area contributed by atoms with Gasteiger partial charge in [-0.3, -0.25) is 5.32 Å². The highest BCUT2D eigenvalue weighted by atomic mass is 32.1. The SMILES string of the molecule is CCN(C)C(=O)Nc1sc(C)cc1C(=O)O. The fourth-order valence-electron chi connectivity index (χ4n) is 1.10. The second kappa shape index (κ2) is 4.98. The summed E-state index contributed by atoms with van der Waals surface area (Å²) >= 11 is 1.26. The maximum absolute atomic E-state index is 11.6. The van der Waals surface area contributed by atoms with E-state index in [1.807, 2.05) is 6.92 Å². The molecule has 0 bridgehead atoms. The van der Waals surface area contributed by atoms with Gasteiger partial charge in [-0.05, 0) is 19.9 Å². The van der Waals surface area contributed by atoms with E-state index in [4.69, 9.17) is 5.11 Å². The quantitative estimate of drug-likeness (QED) is 0.854. The number of rotatable bonds is 3. The number of urea groups is 1. The largest absolute Gasteiger partial charge is 0.478 e. The minimum absolute atomic E-state index is 0.139. The number of aryl methyl sites for hydroxylation is 1. The first-order valence-corrected chi connectivity index (χ1v) is 5.63. The molecule has 0 aliphatic rings. The molecule has 1 rings (SSSR count). The molecule has 0 unspecified atom stereocenters. The van der Waals surface area contributed by atoms with Gasteiger partial charge >= 0.3 is 12.0 Å². The third kappa shape index (κ3) is 2.73. The van der Waals surface area contributed by atoms with Crippen LogP contribution in [-0.4, -0.2) is 35.6 Å². The van der Waals surface area contributed by atoms with Crippen molar-refractivity contribution in [2.24, 2.45) is 0 Å². The zero-order valence-electron chi connectivity index (χ0n) is 9.40. The number of carboxylic acids is 1. The van der Waals surface area contributed by atoms with E-state index in [-0.39, 0.29) is 11.6 Å². The molecule has 16 heavy (non-hydrogen) atoms.